The SMILES string of the molecule is COc1cc(N2CCN(C(C)C)CC2)ccc1N.COc1cc(N2CCN(C(C)C)CC2)ccc1N. The molecule has 0 radical (unpaired) electrons. The predicted octanol–water partition coefficient (Wildman–Crippen LogP) is 3.62. The number of nitrogens with zero attached hydrogens (tertiary/aromatic N) is 4. The lowest BCUT2D eigenvalue weighted by atomic mass is 10.2. The van der Waals surface area contributed by atoms with Crippen LogP contribution in [-0.2, 0) is 0 Å². The van der Waals surface area contributed by atoms with E-state index in [2.05, 4.69) is 59.4 Å². The number of ether oxygens (including phenoxy) is 2. The van der Waals surface area contributed by atoms with Crippen molar-refractivity contribution in [3.05, 3.63) is 36.4 Å². The highest BCUT2D eigenvalue weighted by Gasteiger charge is 2.20. The number of nitrogens with two attached hydrogens (primary N) is 2. The van der Waals surface area contributed by atoms with Crippen LogP contribution in [0.15, 0.2) is 36.4 Å². The molecule has 8 nitrogen and oxygen atoms in total. The third-order valence-corrected chi connectivity index (χ3v) is 7.25. The van der Waals surface area contributed by atoms with Gasteiger partial charge in [0.05, 0.1) is 25.6 Å². The van der Waals surface area contributed by atoms with Crippen molar-refractivity contribution >= 4 is 22.7 Å². The molecule has 0 spiro atoms. The summed E-state index contributed by atoms with van der Waals surface area (Å²) in [7, 11) is 3.32. The molecule has 0 unspecified atom stereocenters. The Morgan fingerprint density at radius 3 is 1.19 bits per heavy atom. The summed E-state index contributed by atoms with van der Waals surface area (Å²) in [5.74, 6) is 1.53. The molecule has 4 rings (SSSR count). The zero-order valence-corrected chi connectivity index (χ0v) is 23.0. The van der Waals surface area contributed by atoms with Crippen molar-refractivity contribution in [3.63, 3.8) is 0 Å². The van der Waals surface area contributed by atoms with E-state index >= 15 is 0 Å². The summed E-state index contributed by atoms with van der Waals surface area (Å²) in [6.45, 7) is 17.7. The largest absolute Gasteiger partial charge is 0.495 e. The van der Waals surface area contributed by atoms with E-state index < -0.39 is 0 Å². The number of methoxy groups -OCH3 is 2. The van der Waals surface area contributed by atoms with E-state index in [0.717, 1.165) is 63.9 Å². The van der Waals surface area contributed by atoms with Crippen LogP contribution in [0.5, 0.6) is 11.5 Å². The molecule has 0 amide bonds. The maximum Gasteiger partial charge on any atom is 0.143 e. The second-order valence-electron chi connectivity index (χ2n) is 10.1. The van der Waals surface area contributed by atoms with Crippen LogP contribution in [0.25, 0.3) is 0 Å². The van der Waals surface area contributed by atoms with Gasteiger partial charge in [-0.25, -0.2) is 0 Å². The summed E-state index contributed by atoms with van der Waals surface area (Å²) in [6.07, 6.45) is 0. The van der Waals surface area contributed by atoms with Gasteiger partial charge in [0.15, 0.2) is 0 Å². The van der Waals surface area contributed by atoms with Gasteiger partial charge in [0.2, 0.25) is 0 Å². The summed E-state index contributed by atoms with van der Waals surface area (Å²) < 4.78 is 10.5. The van der Waals surface area contributed by atoms with Crippen LogP contribution in [0.4, 0.5) is 22.7 Å². The first-order valence-electron chi connectivity index (χ1n) is 13.1. The lowest BCUT2D eigenvalue weighted by Gasteiger charge is -2.38. The molecule has 2 fully saturated rings. The van der Waals surface area contributed by atoms with Gasteiger partial charge < -0.3 is 30.7 Å². The van der Waals surface area contributed by atoms with Crippen LogP contribution in [0.3, 0.4) is 0 Å². The Morgan fingerprint density at radius 1 is 0.583 bits per heavy atom. The van der Waals surface area contributed by atoms with Crippen molar-refractivity contribution in [3.8, 4) is 11.5 Å². The average molecular weight is 499 g/mol. The Morgan fingerprint density at radius 2 is 0.917 bits per heavy atom. The Kier molecular flexibility index (Phi) is 9.96. The molecule has 2 aromatic carbocycles. The Hall–Kier alpha value is -2.84. The molecule has 2 aliphatic rings. The van der Waals surface area contributed by atoms with Crippen molar-refractivity contribution < 1.29 is 9.47 Å². The smallest absolute Gasteiger partial charge is 0.143 e. The first kappa shape index (κ1) is 27.7. The van der Waals surface area contributed by atoms with Crippen molar-refractivity contribution in [1.29, 1.82) is 0 Å². The van der Waals surface area contributed by atoms with E-state index in [-0.39, 0.29) is 0 Å². The first-order valence-corrected chi connectivity index (χ1v) is 13.1. The van der Waals surface area contributed by atoms with Gasteiger partial charge >= 0.3 is 0 Å². The fourth-order valence-corrected chi connectivity index (χ4v) is 4.79. The monoisotopic (exact) mass is 498 g/mol. The summed E-state index contributed by atoms with van der Waals surface area (Å²) >= 11 is 0. The van der Waals surface area contributed by atoms with Crippen molar-refractivity contribution in [1.82, 2.24) is 9.80 Å². The summed E-state index contributed by atoms with van der Waals surface area (Å²) in [5, 5.41) is 0. The summed E-state index contributed by atoms with van der Waals surface area (Å²) in [4.78, 5) is 9.79. The van der Waals surface area contributed by atoms with Crippen LogP contribution in [0.1, 0.15) is 27.7 Å². The quantitative estimate of drug-likeness (QED) is 0.585. The minimum Gasteiger partial charge on any atom is -0.495 e. The molecule has 2 aliphatic heterocycles. The van der Waals surface area contributed by atoms with Crippen LogP contribution < -0.4 is 30.7 Å². The maximum atomic E-state index is 5.84. The number of piperazine rings is 2. The van der Waals surface area contributed by atoms with Gasteiger partial charge in [0.25, 0.3) is 0 Å². The van der Waals surface area contributed by atoms with Crippen LogP contribution in [-0.4, -0.2) is 88.5 Å². The summed E-state index contributed by atoms with van der Waals surface area (Å²) in [5.41, 5.74) is 15.5. The molecule has 0 saturated carbocycles. The molecule has 36 heavy (non-hydrogen) atoms. The van der Waals surface area contributed by atoms with E-state index in [9.17, 15) is 0 Å². The third kappa shape index (κ3) is 7.11. The van der Waals surface area contributed by atoms with Gasteiger partial charge in [0.1, 0.15) is 11.5 Å². The van der Waals surface area contributed by atoms with Gasteiger partial charge in [-0.05, 0) is 52.0 Å². The second kappa shape index (κ2) is 12.9. The van der Waals surface area contributed by atoms with Crippen LogP contribution >= 0.6 is 0 Å². The molecule has 0 bridgehead atoms. The Bertz CT molecular complexity index is 874. The zero-order valence-electron chi connectivity index (χ0n) is 23.0. The third-order valence-electron chi connectivity index (χ3n) is 7.25. The molecule has 8 heteroatoms. The van der Waals surface area contributed by atoms with E-state index in [0.29, 0.717) is 23.5 Å². The molecule has 2 heterocycles. The topological polar surface area (TPSA) is 83.5 Å². The first-order chi connectivity index (χ1) is 17.2. The van der Waals surface area contributed by atoms with Gasteiger partial charge in [-0.3, -0.25) is 9.80 Å². The average Bonchev–Trinajstić information content (AvgIpc) is 2.89. The molecule has 200 valence electrons. The molecule has 2 aromatic rings. The van der Waals surface area contributed by atoms with Gasteiger partial charge in [-0.2, -0.15) is 0 Å². The molecule has 0 aliphatic carbocycles. The van der Waals surface area contributed by atoms with Gasteiger partial charge in [0, 0.05) is 87.9 Å². The number of nitrogen functional groups attached to an aromatic ring is 2. The molecule has 0 atom stereocenters. The minimum absolute atomic E-state index is 0.633. The second-order valence-corrected chi connectivity index (χ2v) is 10.1. The molecule has 2 saturated heterocycles. The lowest BCUT2D eigenvalue weighted by molar-refractivity contribution is 0.209. The van der Waals surface area contributed by atoms with E-state index in [1.807, 2.05) is 24.3 Å². The Balaban J connectivity index is 0.000000201. The highest BCUT2D eigenvalue weighted by atomic mass is 16.5. The molecule has 0 aromatic heterocycles. The standard InChI is InChI=1S/2C14H23N3O/c2*1-11(2)16-6-8-17(9-7-16)12-4-5-13(15)14(10-12)18-3/h2*4-5,10-11H,6-9,15H2,1-3H3. The van der Waals surface area contributed by atoms with E-state index in [4.69, 9.17) is 20.9 Å². The van der Waals surface area contributed by atoms with Crippen LogP contribution in [0.2, 0.25) is 0 Å². The van der Waals surface area contributed by atoms with E-state index in [1.54, 1.807) is 14.2 Å². The van der Waals surface area contributed by atoms with Crippen molar-refractivity contribution in [2.24, 2.45) is 0 Å². The number of anilines is 4. The van der Waals surface area contributed by atoms with Gasteiger partial charge in [-0.15, -0.1) is 0 Å². The van der Waals surface area contributed by atoms with Crippen LogP contribution in [0, 0.1) is 0 Å². The fourth-order valence-electron chi connectivity index (χ4n) is 4.79. The fraction of sp³-hybridized carbons (Fsp3) is 0.571. The van der Waals surface area contributed by atoms with Crippen molar-refractivity contribution in [2.45, 2.75) is 39.8 Å². The number of benzene rings is 2. The molecule has 4 N–H and O–H groups in total. The zero-order chi connectivity index (χ0) is 26.2. The molecular weight excluding hydrogens is 452 g/mol. The van der Waals surface area contributed by atoms with Crippen molar-refractivity contribution in [2.75, 3.05) is 87.8 Å². The highest BCUT2D eigenvalue weighted by molar-refractivity contribution is 5.63. The molecular formula is C28H46N6O2. The maximum absolute atomic E-state index is 5.84. The minimum atomic E-state index is 0.633. The van der Waals surface area contributed by atoms with Gasteiger partial charge in [-0.1, -0.05) is 0 Å². The number of hydrogen-bond donors (Lipinski definition) is 2. The van der Waals surface area contributed by atoms with E-state index in [1.165, 1.54) is 11.4 Å². The highest BCUT2D eigenvalue weighted by Crippen LogP contribution is 2.29. The normalized spacial score (nSPS) is 17.2. The summed E-state index contributed by atoms with van der Waals surface area (Å²) in [6, 6.07) is 13.3. The predicted molar refractivity (Wildman–Crippen MR) is 153 cm³/mol. The number of hydrogen-bond acceptors (Lipinski definition) is 8. The number of rotatable bonds is 6. The lowest BCUT2D eigenvalue weighted by Crippen LogP contribution is -2.48. The Labute approximate surface area is 217 Å².